The summed E-state index contributed by atoms with van der Waals surface area (Å²) in [5, 5.41) is 5.07. The first-order valence-electron chi connectivity index (χ1n) is 8.45. The summed E-state index contributed by atoms with van der Waals surface area (Å²) in [5.74, 6) is -0.0688. The average Bonchev–Trinajstić information content (AvgIpc) is 3.16. The molecule has 0 spiro atoms. The smallest absolute Gasteiger partial charge is 0.256 e. The topological polar surface area (TPSA) is 32.3 Å². The van der Waals surface area contributed by atoms with Gasteiger partial charge in [-0.3, -0.25) is 4.79 Å². The lowest BCUT2D eigenvalue weighted by molar-refractivity contribution is 0.102. The van der Waals surface area contributed by atoms with Crippen LogP contribution in [-0.4, -0.2) is 19.0 Å². The number of nitrogens with zero attached hydrogens (tertiary/aromatic N) is 1. The zero-order chi connectivity index (χ0) is 16.4. The second kappa shape index (κ2) is 6.36. The van der Waals surface area contributed by atoms with E-state index < -0.39 is 0 Å². The van der Waals surface area contributed by atoms with E-state index in [1.807, 2.05) is 54.6 Å². The van der Waals surface area contributed by atoms with Crippen molar-refractivity contribution in [1.29, 1.82) is 0 Å². The van der Waals surface area contributed by atoms with Crippen molar-refractivity contribution in [2.24, 2.45) is 0 Å². The lowest BCUT2D eigenvalue weighted by Crippen LogP contribution is -2.17. The molecular formula is C21H20N2O. The van der Waals surface area contributed by atoms with Crippen LogP contribution < -0.4 is 10.2 Å². The molecule has 3 heteroatoms. The molecule has 1 N–H and O–H groups in total. The highest BCUT2D eigenvalue weighted by atomic mass is 16.1. The van der Waals surface area contributed by atoms with Gasteiger partial charge in [0.05, 0.1) is 0 Å². The summed E-state index contributed by atoms with van der Waals surface area (Å²) in [6.45, 7) is 2.25. The molecule has 3 aromatic carbocycles. The number of carbonyl (C=O) groups excluding carboxylic acids is 1. The average molecular weight is 316 g/mol. The van der Waals surface area contributed by atoms with Gasteiger partial charge in [0.1, 0.15) is 0 Å². The number of amides is 1. The van der Waals surface area contributed by atoms with Gasteiger partial charge in [-0.05, 0) is 53.9 Å². The molecule has 0 saturated carbocycles. The Labute approximate surface area is 141 Å². The molecule has 0 radical (unpaired) electrons. The molecule has 1 heterocycles. The fraction of sp³-hybridized carbons (Fsp3) is 0.190. The monoisotopic (exact) mass is 316 g/mol. The minimum absolute atomic E-state index is 0.0688. The Morgan fingerprint density at radius 1 is 0.833 bits per heavy atom. The summed E-state index contributed by atoms with van der Waals surface area (Å²) >= 11 is 0. The third kappa shape index (κ3) is 2.85. The molecule has 0 unspecified atom stereocenters. The predicted molar refractivity (Wildman–Crippen MR) is 99.8 cm³/mol. The fourth-order valence-electron chi connectivity index (χ4n) is 3.35. The number of rotatable bonds is 3. The molecule has 1 aliphatic heterocycles. The maximum absolute atomic E-state index is 12.6. The molecule has 24 heavy (non-hydrogen) atoms. The van der Waals surface area contributed by atoms with Crippen molar-refractivity contribution in [1.82, 2.24) is 0 Å². The summed E-state index contributed by atoms with van der Waals surface area (Å²) in [7, 11) is 0. The molecule has 1 amide bonds. The van der Waals surface area contributed by atoms with E-state index in [1.54, 1.807) is 0 Å². The van der Waals surface area contributed by atoms with Gasteiger partial charge in [0.25, 0.3) is 5.91 Å². The second-order valence-corrected chi connectivity index (χ2v) is 6.22. The third-order valence-electron chi connectivity index (χ3n) is 4.63. The molecule has 3 nitrogen and oxygen atoms in total. The first kappa shape index (κ1) is 14.8. The molecule has 0 atom stereocenters. The summed E-state index contributed by atoms with van der Waals surface area (Å²) in [6.07, 6.45) is 2.53. The van der Waals surface area contributed by atoms with Crippen LogP contribution in [0.4, 0.5) is 11.4 Å². The van der Waals surface area contributed by atoms with E-state index in [1.165, 1.54) is 18.5 Å². The lowest BCUT2D eigenvalue weighted by atomic mass is 10.0. The highest BCUT2D eigenvalue weighted by Crippen LogP contribution is 2.23. The number of fused-ring (bicyclic) bond motifs is 1. The number of hydrogen-bond acceptors (Lipinski definition) is 2. The quantitative estimate of drug-likeness (QED) is 0.760. The maximum atomic E-state index is 12.6. The molecule has 0 aromatic heterocycles. The van der Waals surface area contributed by atoms with E-state index in [-0.39, 0.29) is 5.91 Å². The Morgan fingerprint density at radius 2 is 1.54 bits per heavy atom. The van der Waals surface area contributed by atoms with E-state index in [0.29, 0.717) is 5.56 Å². The number of hydrogen-bond donors (Lipinski definition) is 1. The van der Waals surface area contributed by atoms with E-state index >= 15 is 0 Å². The summed E-state index contributed by atoms with van der Waals surface area (Å²) < 4.78 is 0. The van der Waals surface area contributed by atoms with Crippen LogP contribution in [0.2, 0.25) is 0 Å². The number of benzene rings is 3. The van der Waals surface area contributed by atoms with Gasteiger partial charge in [-0.1, -0.05) is 36.4 Å². The van der Waals surface area contributed by atoms with Gasteiger partial charge in [-0.25, -0.2) is 0 Å². The maximum Gasteiger partial charge on any atom is 0.256 e. The highest BCUT2D eigenvalue weighted by molar-refractivity contribution is 6.12. The van der Waals surface area contributed by atoms with Crippen LogP contribution in [0.1, 0.15) is 23.2 Å². The first-order chi connectivity index (χ1) is 11.8. The van der Waals surface area contributed by atoms with E-state index in [9.17, 15) is 4.79 Å². The Hall–Kier alpha value is -2.81. The summed E-state index contributed by atoms with van der Waals surface area (Å²) in [4.78, 5) is 15.0. The van der Waals surface area contributed by atoms with E-state index in [4.69, 9.17) is 0 Å². The van der Waals surface area contributed by atoms with Gasteiger partial charge >= 0.3 is 0 Å². The van der Waals surface area contributed by atoms with Gasteiger partial charge in [-0.15, -0.1) is 0 Å². The molecule has 120 valence electrons. The molecule has 1 saturated heterocycles. The van der Waals surface area contributed by atoms with Crippen molar-refractivity contribution in [2.45, 2.75) is 12.8 Å². The van der Waals surface area contributed by atoms with Gasteiger partial charge in [0, 0.05) is 30.0 Å². The first-order valence-corrected chi connectivity index (χ1v) is 8.45. The largest absolute Gasteiger partial charge is 0.372 e. The molecule has 4 rings (SSSR count). The summed E-state index contributed by atoms with van der Waals surface area (Å²) in [6, 6.07) is 21.9. The normalized spacial score (nSPS) is 14.1. The molecule has 0 bridgehead atoms. The molecule has 1 fully saturated rings. The lowest BCUT2D eigenvalue weighted by Gasteiger charge is -2.17. The van der Waals surface area contributed by atoms with Crippen molar-refractivity contribution >= 4 is 28.1 Å². The van der Waals surface area contributed by atoms with Crippen LogP contribution in [-0.2, 0) is 0 Å². The second-order valence-electron chi connectivity index (χ2n) is 6.22. The minimum Gasteiger partial charge on any atom is -0.372 e. The third-order valence-corrected chi connectivity index (χ3v) is 4.63. The van der Waals surface area contributed by atoms with Crippen LogP contribution >= 0.6 is 0 Å². The van der Waals surface area contributed by atoms with Crippen LogP contribution in [0.25, 0.3) is 10.8 Å². The molecule has 3 aromatic rings. The van der Waals surface area contributed by atoms with Crippen molar-refractivity contribution in [3.63, 3.8) is 0 Å². The van der Waals surface area contributed by atoms with Gasteiger partial charge in [0.2, 0.25) is 0 Å². The molecule has 0 aliphatic carbocycles. The van der Waals surface area contributed by atoms with Gasteiger partial charge in [0.15, 0.2) is 0 Å². The van der Waals surface area contributed by atoms with Crippen molar-refractivity contribution in [2.75, 3.05) is 23.3 Å². The Morgan fingerprint density at radius 3 is 2.33 bits per heavy atom. The van der Waals surface area contributed by atoms with Crippen molar-refractivity contribution in [3.05, 3.63) is 72.3 Å². The van der Waals surface area contributed by atoms with Crippen molar-refractivity contribution in [3.8, 4) is 0 Å². The van der Waals surface area contributed by atoms with E-state index in [2.05, 4.69) is 22.3 Å². The zero-order valence-corrected chi connectivity index (χ0v) is 13.5. The summed E-state index contributed by atoms with van der Waals surface area (Å²) in [5.41, 5.74) is 2.77. The van der Waals surface area contributed by atoms with Crippen molar-refractivity contribution < 1.29 is 4.79 Å². The highest BCUT2D eigenvalue weighted by Gasteiger charge is 2.13. The molecular weight excluding hydrogens is 296 g/mol. The van der Waals surface area contributed by atoms with Crippen LogP contribution in [0.15, 0.2) is 66.7 Å². The molecule has 1 aliphatic rings. The Kier molecular flexibility index (Phi) is 3.91. The standard InChI is InChI=1S/C21H20N2O/c24-21(20-9-5-7-16-6-1-2-8-19(16)20)22-17-10-12-18(13-11-17)23-14-3-4-15-23/h1-2,5-13H,3-4,14-15H2,(H,22,24). The van der Waals surface area contributed by atoms with E-state index in [0.717, 1.165) is 29.5 Å². The number of carbonyl (C=O) groups is 1. The van der Waals surface area contributed by atoms with Crippen LogP contribution in [0.3, 0.4) is 0 Å². The van der Waals surface area contributed by atoms with Gasteiger partial charge < -0.3 is 10.2 Å². The SMILES string of the molecule is O=C(Nc1ccc(N2CCCC2)cc1)c1cccc2ccccc12. The Bertz CT molecular complexity index is 859. The van der Waals surface area contributed by atoms with Gasteiger partial charge in [-0.2, -0.15) is 0 Å². The number of nitrogens with one attached hydrogen (secondary N) is 1. The Balaban J connectivity index is 1.55. The number of anilines is 2. The van der Waals surface area contributed by atoms with Crippen LogP contribution in [0.5, 0.6) is 0 Å². The minimum atomic E-state index is -0.0688. The zero-order valence-electron chi connectivity index (χ0n) is 13.5. The predicted octanol–water partition coefficient (Wildman–Crippen LogP) is 4.69. The fourth-order valence-corrected chi connectivity index (χ4v) is 3.35. The van der Waals surface area contributed by atoms with Crippen LogP contribution in [0, 0.1) is 0 Å².